The molecule has 10 nitrogen and oxygen atoms in total. The first kappa shape index (κ1) is 29.1. The molecule has 4 N–H and O–H groups in total. The molecule has 0 aromatic heterocycles. The zero-order valence-corrected chi connectivity index (χ0v) is 22.2. The van der Waals surface area contributed by atoms with Crippen LogP contribution < -0.4 is 9.62 Å². The van der Waals surface area contributed by atoms with Gasteiger partial charge in [0.25, 0.3) is 0 Å². The molecule has 0 aliphatic rings. The molecule has 212 valence electrons. The van der Waals surface area contributed by atoms with Gasteiger partial charge in [0.05, 0.1) is 11.1 Å². The Labute approximate surface area is 235 Å². The lowest BCUT2D eigenvalue weighted by molar-refractivity contribution is -0.253. The van der Waals surface area contributed by atoms with Crippen LogP contribution in [0.25, 0.3) is 0 Å². The number of phenols is 2. The molecule has 0 unspecified atom stereocenters. The van der Waals surface area contributed by atoms with Gasteiger partial charge in [0.1, 0.15) is 30.5 Å². The maximum atomic E-state index is 12.6. The van der Waals surface area contributed by atoms with E-state index >= 15 is 0 Å². The van der Waals surface area contributed by atoms with Crippen LogP contribution >= 0.6 is 0 Å². The van der Waals surface area contributed by atoms with Gasteiger partial charge in [0, 0.05) is 5.41 Å². The Bertz CT molecular complexity index is 1530. The summed E-state index contributed by atoms with van der Waals surface area (Å²) in [6.07, 6.45) is 0. The number of hydrogen-bond donors (Lipinski definition) is 4. The number of hydrogen-bond acceptors (Lipinski definition) is 9. The fourth-order valence-electron chi connectivity index (χ4n) is 4.20. The molecule has 0 aliphatic carbocycles. The fourth-order valence-corrected chi connectivity index (χ4v) is 4.20. The molecule has 41 heavy (non-hydrogen) atoms. The molecule has 0 atom stereocenters. The first-order chi connectivity index (χ1) is 19.6. The second kappa shape index (κ2) is 12.5. The van der Waals surface area contributed by atoms with Crippen molar-refractivity contribution in [3.05, 3.63) is 118 Å². The summed E-state index contributed by atoms with van der Waals surface area (Å²) in [6.45, 7) is 4.02. The van der Waals surface area contributed by atoms with Crippen LogP contribution in [0.4, 0.5) is 0 Å². The second-order valence-electron chi connectivity index (χ2n) is 9.67. The average molecular weight is 561 g/mol. The SMILES string of the molecule is CC(C)(c1ccc(OOCc2ccc(O)cc2COO)cc1)c1ccc(OC(=O)c2ccc(O)cc2C(=O)O)cc1. The standard InChI is InChI=1S/C31H28O10/c1-31(2,21-4-10-25(11-5-21)40-30(36)27-14-9-24(33)16-28(27)29(34)35)22-6-12-26(13-7-22)41-39-18-19-3-8-23(32)15-20(19)17-38-37/h3-16,32-33,37H,17-18H2,1-2H3,(H,34,35). The number of rotatable bonds is 11. The molecule has 0 saturated heterocycles. The monoisotopic (exact) mass is 560 g/mol. The first-order valence-corrected chi connectivity index (χ1v) is 12.4. The highest BCUT2D eigenvalue weighted by atomic mass is 17.2. The van der Waals surface area contributed by atoms with E-state index in [1.807, 2.05) is 38.1 Å². The topological polar surface area (TPSA) is 152 Å². The first-order valence-electron chi connectivity index (χ1n) is 12.4. The van der Waals surface area contributed by atoms with Crippen molar-refractivity contribution in [2.24, 2.45) is 0 Å². The molecule has 4 rings (SSSR count). The highest BCUT2D eigenvalue weighted by Gasteiger charge is 2.24. The molecular weight excluding hydrogens is 532 g/mol. The number of carboxylic acid groups (broad SMARTS) is 1. The van der Waals surface area contributed by atoms with E-state index in [-0.39, 0.29) is 41.6 Å². The second-order valence-corrected chi connectivity index (χ2v) is 9.67. The van der Waals surface area contributed by atoms with Gasteiger partial charge < -0.3 is 24.9 Å². The van der Waals surface area contributed by atoms with Crippen LogP contribution in [0.2, 0.25) is 0 Å². The Balaban J connectivity index is 1.39. The van der Waals surface area contributed by atoms with Crippen molar-refractivity contribution in [3.8, 4) is 23.0 Å². The van der Waals surface area contributed by atoms with E-state index in [4.69, 9.17) is 19.8 Å². The summed E-state index contributed by atoms with van der Waals surface area (Å²) in [5.41, 5.74) is 2.18. The third-order valence-corrected chi connectivity index (χ3v) is 6.60. The summed E-state index contributed by atoms with van der Waals surface area (Å²) in [5.74, 6) is -1.72. The number of carbonyl (C=O) groups excluding carboxylic acids is 1. The van der Waals surface area contributed by atoms with Gasteiger partial charge in [0.2, 0.25) is 0 Å². The largest absolute Gasteiger partial charge is 0.508 e. The molecule has 4 aromatic carbocycles. The summed E-state index contributed by atoms with van der Waals surface area (Å²) in [5, 5.41) is 37.2. The number of aromatic carboxylic acids is 1. The van der Waals surface area contributed by atoms with Crippen LogP contribution in [0.3, 0.4) is 0 Å². The van der Waals surface area contributed by atoms with Crippen molar-refractivity contribution in [1.29, 1.82) is 0 Å². The van der Waals surface area contributed by atoms with Crippen molar-refractivity contribution in [1.82, 2.24) is 0 Å². The minimum atomic E-state index is -1.35. The lowest BCUT2D eigenvalue weighted by Crippen LogP contribution is -2.19. The van der Waals surface area contributed by atoms with E-state index in [2.05, 4.69) is 4.89 Å². The number of aromatic hydroxyl groups is 2. The highest BCUT2D eigenvalue weighted by Crippen LogP contribution is 2.33. The molecule has 0 bridgehead atoms. The maximum Gasteiger partial charge on any atom is 0.344 e. The molecule has 0 saturated carbocycles. The van der Waals surface area contributed by atoms with Crippen LogP contribution in [0.1, 0.15) is 56.8 Å². The van der Waals surface area contributed by atoms with E-state index in [0.717, 1.165) is 17.2 Å². The Morgan fingerprint density at radius 2 is 1.29 bits per heavy atom. The van der Waals surface area contributed by atoms with Crippen molar-refractivity contribution in [3.63, 3.8) is 0 Å². The molecular formula is C31H28O10. The van der Waals surface area contributed by atoms with E-state index in [1.54, 1.807) is 30.3 Å². The van der Waals surface area contributed by atoms with Crippen LogP contribution in [-0.2, 0) is 28.4 Å². The van der Waals surface area contributed by atoms with Gasteiger partial charge in [-0.2, -0.15) is 4.89 Å². The Kier molecular flexibility index (Phi) is 8.88. The van der Waals surface area contributed by atoms with Crippen LogP contribution in [0, 0.1) is 0 Å². The molecule has 0 aliphatic heterocycles. The molecule has 0 radical (unpaired) electrons. The maximum absolute atomic E-state index is 12.6. The molecule has 0 heterocycles. The van der Waals surface area contributed by atoms with Gasteiger partial charge in [-0.25, -0.2) is 14.5 Å². The normalized spacial score (nSPS) is 11.2. The minimum absolute atomic E-state index is 0.0407. The van der Waals surface area contributed by atoms with E-state index < -0.39 is 17.4 Å². The smallest absolute Gasteiger partial charge is 0.344 e. The number of carboxylic acids is 1. The Morgan fingerprint density at radius 3 is 1.90 bits per heavy atom. The molecule has 10 heteroatoms. The van der Waals surface area contributed by atoms with Crippen LogP contribution in [0.15, 0.2) is 84.9 Å². The Morgan fingerprint density at radius 1 is 0.707 bits per heavy atom. The zero-order chi connectivity index (χ0) is 29.6. The number of phenolic OH excluding ortho intramolecular Hbond substituents is 2. The van der Waals surface area contributed by atoms with Gasteiger partial charge in [-0.15, -0.1) is 0 Å². The quantitative estimate of drug-likeness (QED) is 0.0762. The summed E-state index contributed by atoms with van der Waals surface area (Å²) in [4.78, 5) is 38.9. The summed E-state index contributed by atoms with van der Waals surface area (Å²) in [7, 11) is 0. The average Bonchev–Trinajstić information content (AvgIpc) is 2.95. The van der Waals surface area contributed by atoms with E-state index in [1.165, 1.54) is 24.3 Å². The van der Waals surface area contributed by atoms with Gasteiger partial charge in [-0.1, -0.05) is 44.2 Å². The molecule has 0 spiro atoms. The van der Waals surface area contributed by atoms with E-state index in [0.29, 0.717) is 16.9 Å². The van der Waals surface area contributed by atoms with Crippen LogP contribution in [0.5, 0.6) is 23.0 Å². The van der Waals surface area contributed by atoms with Gasteiger partial charge >= 0.3 is 11.9 Å². The number of ether oxygens (including phenoxy) is 1. The third kappa shape index (κ3) is 7.00. The van der Waals surface area contributed by atoms with Crippen molar-refractivity contribution >= 4 is 11.9 Å². The van der Waals surface area contributed by atoms with Gasteiger partial charge in [0.15, 0.2) is 5.75 Å². The summed E-state index contributed by atoms with van der Waals surface area (Å²) >= 11 is 0. The summed E-state index contributed by atoms with van der Waals surface area (Å²) < 4.78 is 5.37. The lowest BCUT2D eigenvalue weighted by atomic mass is 9.78. The zero-order valence-electron chi connectivity index (χ0n) is 22.2. The molecule has 0 fully saturated rings. The molecule has 4 aromatic rings. The lowest BCUT2D eigenvalue weighted by Gasteiger charge is -2.26. The van der Waals surface area contributed by atoms with Crippen molar-refractivity contribution in [2.75, 3.05) is 0 Å². The predicted molar refractivity (Wildman–Crippen MR) is 146 cm³/mol. The minimum Gasteiger partial charge on any atom is -0.508 e. The Hall–Kier alpha value is -4.90. The van der Waals surface area contributed by atoms with Gasteiger partial charge in [-0.05, 0) is 76.9 Å². The van der Waals surface area contributed by atoms with Crippen molar-refractivity contribution in [2.45, 2.75) is 32.5 Å². The number of esters is 1. The van der Waals surface area contributed by atoms with Crippen molar-refractivity contribution < 1.29 is 49.6 Å². The van der Waals surface area contributed by atoms with Crippen LogP contribution in [-0.4, -0.2) is 32.5 Å². The van der Waals surface area contributed by atoms with E-state index in [9.17, 15) is 24.9 Å². The number of benzene rings is 4. The molecule has 0 amide bonds. The summed E-state index contributed by atoms with van der Waals surface area (Å²) in [6, 6.07) is 22.2. The number of carbonyl (C=O) groups is 2. The predicted octanol–water partition coefficient (Wildman–Crippen LogP) is 5.84. The fraction of sp³-hybridized carbons (Fsp3) is 0.161. The van der Waals surface area contributed by atoms with Gasteiger partial charge in [-0.3, -0.25) is 5.26 Å². The highest BCUT2D eigenvalue weighted by molar-refractivity contribution is 6.03. The third-order valence-electron chi connectivity index (χ3n) is 6.60.